The van der Waals surface area contributed by atoms with Gasteiger partial charge in [-0.1, -0.05) is 6.07 Å². The molecule has 1 aliphatic heterocycles. The van der Waals surface area contributed by atoms with Gasteiger partial charge in [-0.25, -0.2) is 0 Å². The van der Waals surface area contributed by atoms with Gasteiger partial charge < -0.3 is 15.8 Å². The normalized spacial score (nSPS) is 19.3. The number of benzene rings is 1. The average molecular weight is 206 g/mol. The topological polar surface area (TPSA) is 64.3 Å². The van der Waals surface area contributed by atoms with E-state index in [-0.39, 0.29) is 11.8 Å². The average Bonchev–Trinajstić information content (AvgIpc) is 2.26. The maximum Gasteiger partial charge on any atom is 0.225 e. The Hall–Kier alpha value is -1.55. The third kappa shape index (κ3) is 1.80. The first kappa shape index (κ1) is 9.98. The highest BCUT2D eigenvalue weighted by atomic mass is 16.5. The predicted molar refractivity (Wildman–Crippen MR) is 58.0 cm³/mol. The molecule has 0 saturated heterocycles. The van der Waals surface area contributed by atoms with Crippen molar-refractivity contribution in [3.8, 4) is 5.75 Å². The zero-order chi connectivity index (χ0) is 10.8. The lowest BCUT2D eigenvalue weighted by atomic mass is 9.90. The number of hydrogen-bond acceptors (Lipinski definition) is 3. The van der Waals surface area contributed by atoms with Gasteiger partial charge in [-0.05, 0) is 18.2 Å². The molecule has 0 saturated carbocycles. The van der Waals surface area contributed by atoms with E-state index in [9.17, 15) is 4.79 Å². The first-order valence-electron chi connectivity index (χ1n) is 4.92. The second-order valence-electron chi connectivity index (χ2n) is 3.64. The monoisotopic (exact) mass is 206 g/mol. The molecule has 1 aromatic carbocycles. The second kappa shape index (κ2) is 3.90. The molecule has 15 heavy (non-hydrogen) atoms. The van der Waals surface area contributed by atoms with Gasteiger partial charge in [0.25, 0.3) is 0 Å². The quantitative estimate of drug-likeness (QED) is 0.761. The molecule has 1 atom stereocenters. The van der Waals surface area contributed by atoms with E-state index in [4.69, 9.17) is 10.5 Å². The summed E-state index contributed by atoms with van der Waals surface area (Å²) < 4.78 is 5.10. The number of methoxy groups -OCH3 is 1. The number of hydrogen-bond donors (Lipinski definition) is 2. The highest BCUT2D eigenvalue weighted by Gasteiger charge is 2.24. The molecule has 1 aliphatic rings. The Kier molecular flexibility index (Phi) is 2.60. The molecule has 4 heteroatoms. The summed E-state index contributed by atoms with van der Waals surface area (Å²) in [5.41, 5.74) is 7.56. The molecule has 0 fully saturated rings. The SMILES string of the molecule is COc1ccc2c(c1)NC(=O)C[C@H]2CN. The zero-order valence-electron chi connectivity index (χ0n) is 8.62. The van der Waals surface area contributed by atoms with Crippen molar-refractivity contribution in [2.75, 3.05) is 19.0 Å². The molecule has 3 N–H and O–H groups in total. The number of carbonyl (C=O) groups excluding carboxylic acids is 1. The van der Waals surface area contributed by atoms with E-state index in [2.05, 4.69) is 5.32 Å². The van der Waals surface area contributed by atoms with Gasteiger partial charge in [0.15, 0.2) is 0 Å². The van der Waals surface area contributed by atoms with Crippen LogP contribution in [0.15, 0.2) is 18.2 Å². The van der Waals surface area contributed by atoms with Crippen molar-refractivity contribution in [2.24, 2.45) is 5.73 Å². The van der Waals surface area contributed by atoms with E-state index >= 15 is 0 Å². The lowest BCUT2D eigenvalue weighted by Gasteiger charge is -2.24. The largest absolute Gasteiger partial charge is 0.497 e. The summed E-state index contributed by atoms with van der Waals surface area (Å²) in [6, 6.07) is 5.68. The van der Waals surface area contributed by atoms with Crippen LogP contribution in [0.25, 0.3) is 0 Å². The van der Waals surface area contributed by atoms with E-state index in [0.29, 0.717) is 13.0 Å². The molecule has 1 amide bonds. The minimum absolute atomic E-state index is 0.0196. The Labute approximate surface area is 88.4 Å². The molecule has 0 aliphatic carbocycles. The number of carbonyl (C=O) groups is 1. The Bertz CT molecular complexity index is 390. The summed E-state index contributed by atoms with van der Waals surface area (Å²) in [7, 11) is 1.60. The van der Waals surface area contributed by atoms with Crippen LogP contribution in [-0.2, 0) is 4.79 Å². The number of nitrogens with one attached hydrogen (secondary N) is 1. The van der Waals surface area contributed by atoms with E-state index in [0.717, 1.165) is 17.0 Å². The van der Waals surface area contributed by atoms with Gasteiger partial charge in [0, 0.05) is 24.1 Å². The van der Waals surface area contributed by atoms with Gasteiger partial charge in [0.1, 0.15) is 5.75 Å². The minimum Gasteiger partial charge on any atom is -0.497 e. The highest BCUT2D eigenvalue weighted by Crippen LogP contribution is 2.33. The fourth-order valence-electron chi connectivity index (χ4n) is 1.87. The van der Waals surface area contributed by atoms with Gasteiger partial charge >= 0.3 is 0 Å². The number of anilines is 1. The molecule has 0 radical (unpaired) electrons. The lowest BCUT2D eigenvalue weighted by Crippen LogP contribution is -2.27. The van der Waals surface area contributed by atoms with Gasteiger partial charge in [-0.3, -0.25) is 4.79 Å². The maximum atomic E-state index is 11.4. The summed E-state index contributed by atoms with van der Waals surface area (Å²) in [4.78, 5) is 11.4. The minimum atomic E-state index is 0.0196. The Balaban J connectivity index is 2.41. The van der Waals surface area contributed by atoms with Gasteiger partial charge in [-0.2, -0.15) is 0 Å². The van der Waals surface area contributed by atoms with Crippen LogP contribution in [-0.4, -0.2) is 19.6 Å². The van der Waals surface area contributed by atoms with Crippen LogP contribution in [0.4, 0.5) is 5.69 Å². The summed E-state index contributed by atoms with van der Waals surface area (Å²) in [5, 5.41) is 2.82. The van der Waals surface area contributed by atoms with Crippen LogP contribution >= 0.6 is 0 Å². The molecule has 1 aromatic rings. The van der Waals surface area contributed by atoms with Crippen LogP contribution in [0, 0.1) is 0 Å². The van der Waals surface area contributed by atoms with E-state index in [1.54, 1.807) is 7.11 Å². The molecule has 4 nitrogen and oxygen atoms in total. The molecule has 2 rings (SSSR count). The molecule has 0 unspecified atom stereocenters. The van der Waals surface area contributed by atoms with Crippen LogP contribution in [0.2, 0.25) is 0 Å². The van der Waals surface area contributed by atoms with Gasteiger partial charge in [0.05, 0.1) is 7.11 Å². The van der Waals surface area contributed by atoms with Crippen LogP contribution < -0.4 is 15.8 Å². The van der Waals surface area contributed by atoms with Crippen molar-refractivity contribution >= 4 is 11.6 Å². The fraction of sp³-hybridized carbons (Fsp3) is 0.364. The number of fused-ring (bicyclic) bond motifs is 1. The second-order valence-corrected chi connectivity index (χ2v) is 3.64. The summed E-state index contributed by atoms with van der Waals surface area (Å²) in [6.45, 7) is 0.493. The molecule has 80 valence electrons. The molecular weight excluding hydrogens is 192 g/mol. The third-order valence-corrected chi connectivity index (χ3v) is 2.69. The van der Waals surface area contributed by atoms with Gasteiger partial charge in [0.2, 0.25) is 5.91 Å². The summed E-state index contributed by atoms with van der Waals surface area (Å²) in [5.74, 6) is 0.887. The molecule has 0 spiro atoms. The lowest BCUT2D eigenvalue weighted by molar-refractivity contribution is -0.116. The standard InChI is InChI=1S/C11H14N2O2/c1-15-8-2-3-9-7(6-12)4-11(14)13-10(9)5-8/h2-3,5,7H,4,6,12H2,1H3,(H,13,14)/t7-/m0/s1. The molecule has 1 heterocycles. The Morgan fingerprint density at radius 1 is 1.60 bits per heavy atom. The first-order chi connectivity index (χ1) is 7.24. The van der Waals surface area contributed by atoms with E-state index in [1.807, 2.05) is 18.2 Å². The highest BCUT2D eigenvalue weighted by molar-refractivity contribution is 5.95. The van der Waals surface area contributed by atoms with E-state index < -0.39 is 0 Å². The van der Waals surface area contributed by atoms with Crippen molar-refractivity contribution in [3.63, 3.8) is 0 Å². The molecular formula is C11H14N2O2. The van der Waals surface area contributed by atoms with Crippen molar-refractivity contribution in [2.45, 2.75) is 12.3 Å². The smallest absolute Gasteiger partial charge is 0.225 e. The number of amides is 1. The zero-order valence-corrected chi connectivity index (χ0v) is 8.62. The molecule has 0 bridgehead atoms. The van der Waals surface area contributed by atoms with Crippen LogP contribution in [0.1, 0.15) is 17.9 Å². The van der Waals surface area contributed by atoms with Crippen molar-refractivity contribution in [1.82, 2.24) is 0 Å². The fourth-order valence-corrected chi connectivity index (χ4v) is 1.87. The maximum absolute atomic E-state index is 11.4. The first-order valence-corrected chi connectivity index (χ1v) is 4.92. The number of ether oxygens (including phenoxy) is 1. The summed E-state index contributed by atoms with van der Waals surface area (Å²) >= 11 is 0. The van der Waals surface area contributed by atoms with Gasteiger partial charge in [-0.15, -0.1) is 0 Å². The number of nitrogens with two attached hydrogens (primary N) is 1. The van der Waals surface area contributed by atoms with Crippen LogP contribution in [0.3, 0.4) is 0 Å². The summed E-state index contributed by atoms with van der Waals surface area (Å²) in [6.07, 6.45) is 0.468. The Morgan fingerprint density at radius 3 is 3.07 bits per heavy atom. The predicted octanol–water partition coefficient (Wildman–Crippen LogP) is 1.08. The van der Waals surface area contributed by atoms with Crippen molar-refractivity contribution < 1.29 is 9.53 Å². The molecule has 0 aromatic heterocycles. The number of rotatable bonds is 2. The van der Waals surface area contributed by atoms with Crippen LogP contribution in [0.5, 0.6) is 5.75 Å². The Morgan fingerprint density at radius 2 is 2.40 bits per heavy atom. The van der Waals surface area contributed by atoms with Crippen molar-refractivity contribution in [1.29, 1.82) is 0 Å². The van der Waals surface area contributed by atoms with E-state index in [1.165, 1.54) is 0 Å². The third-order valence-electron chi connectivity index (χ3n) is 2.69. The van der Waals surface area contributed by atoms with Crippen molar-refractivity contribution in [3.05, 3.63) is 23.8 Å².